The number of aromatic nitrogens is 3. The van der Waals surface area contributed by atoms with Crippen molar-refractivity contribution in [3.05, 3.63) is 86.1 Å². The first kappa shape index (κ1) is 25.4. The Hall–Kier alpha value is -3.72. The molecule has 9 heteroatoms. The third-order valence-corrected chi connectivity index (χ3v) is 6.38. The fourth-order valence-corrected chi connectivity index (χ4v) is 4.42. The van der Waals surface area contributed by atoms with E-state index in [1.807, 2.05) is 51.1 Å². The van der Waals surface area contributed by atoms with E-state index < -0.39 is 12.1 Å². The molecule has 1 N–H and O–H groups in total. The van der Waals surface area contributed by atoms with Crippen LogP contribution in [0.15, 0.2) is 62.9 Å². The van der Waals surface area contributed by atoms with Gasteiger partial charge in [-0.1, -0.05) is 22.9 Å². The molecule has 0 spiro atoms. The fraction of sp³-hybridized carbons (Fsp3) is 0.259. The molecule has 36 heavy (non-hydrogen) atoms. The summed E-state index contributed by atoms with van der Waals surface area (Å²) in [5.41, 5.74) is 4.16. The van der Waals surface area contributed by atoms with Crippen LogP contribution in [0.3, 0.4) is 0 Å². The second-order valence-electron chi connectivity index (χ2n) is 8.56. The summed E-state index contributed by atoms with van der Waals surface area (Å²) >= 11 is 3.43. The van der Waals surface area contributed by atoms with E-state index in [0.29, 0.717) is 28.9 Å². The predicted octanol–water partition coefficient (Wildman–Crippen LogP) is 5.25. The zero-order valence-electron chi connectivity index (χ0n) is 20.5. The average Bonchev–Trinajstić information content (AvgIpc) is 3.13. The number of fused-ring (bicyclic) bond motifs is 1. The Bertz CT molecular complexity index is 1520. The van der Waals surface area contributed by atoms with Gasteiger partial charge in [-0.25, -0.2) is 9.78 Å². The minimum Gasteiger partial charge on any atom is -0.479 e. The van der Waals surface area contributed by atoms with Gasteiger partial charge in [-0.2, -0.15) is 9.78 Å². The van der Waals surface area contributed by atoms with Gasteiger partial charge < -0.3 is 14.4 Å². The number of carbonyl (C=O) groups is 1. The van der Waals surface area contributed by atoms with Gasteiger partial charge in [-0.3, -0.25) is 4.79 Å². The number of carboxylic acids is 1. The number of carboxylic acid groups (broad SMARTS) is 1. The van der Waals surface area contributed by atoms with Crippen LogP contribution in [0.25, 0.3) is 16.6 Å². The van der Waals surface area contributed by atoms with Gasteiger partial charge >= 0.3 is 5.97 Å². The molecular formula is C27H27BrN4O4. The van der Waals surface area contributed by atoms with Crippen LogP contribution in [0.2, 0.25) is 0 Å². The Morgan fingerprint density at radius 2 is 1.92 bits per heavy atom. The monoisotopic (exact) mass is 550 g/mol. The zero-order chi connectivity index (χ0) is 26.0. The van der Waals surface area contributed by atoms with E-state index in [2.05, 4.69) is 30.6 Å². The first-order chi connectivity index (χ1) is 17.2. The molecule has 0 saturated carbocycles. The molecule has 0 fully saturated rings. The summed E-state index contributed by atoms with van der Waals surface area (Å²) in [6, 6.07) is 14.7. The molecule has 0 amide bonds. The van der Waals surface area contributed by atoms with Crippen LogP contribution in [0.1, 0.15) is 43.0 Å². The highest BCUT2D eigenvalue weighted by molar-refractivity contribution is 9.10. The molecule has 2 heterocycles. The second-order valence-corrected chi connectivity index (χ2v) is 9.47. The lowest BCUT2D eigenvalue weighted by atomic mass is 10.2. The van der Waals surface area contributed by atoms with Crippen LogP contribution in [0.5, 0.6) is 5.75 Å². The van der Waals surface area contributed by atoms with E-state index in [9.17, 15) is 9.59 Å². The summed E-state index contributed by atoms with van der Waals surface area (Å²) in [6.45, 7) is 7.50. The summed E-state index contributed by atoms with van der Waals surface area (Å²) in [6.07, 6.45) is 2.23. The van der Waals surface area contributed by atoms with E-state index in [1.165, 1.54) is 11.6 Å². The van der Waals surface area contributed by atoms with Gasteiger partial charge in [0.05, 0.1) is 17.1 Å². The van der Waals surface area contributed by atoms with Crippen LogP contribution < -0.4 is 10.3 Å². The number of ether oxygens (including phenoxy) is 1. The Labute approximate surface area is 217 Å². The Morgan fingerprint density at radius 1 is 1.19 bits per heavy atom. The molecule has 8 nitrogen and oxygen atoms in total. The lowest BCUT2D eigenvalue weighted by Gasteiger charge is -2.13. The van der Waals surface area contributed by atoms with E-state index in [0.717, 1.165) is 33.5 Å². The number of rotatable bonds is 8. The topological polar surface area (TPSA) is 98.7 Å². The maximum Gasteiger partial charge on any atom is 0.344 e. The molecule has 2 aromatic heterocycles. The van der Waals surface area contributed by atoms with Gasteiger partial charge in [0.2, 0.25) is 0 Å². The van der Waals surface area contributed by atoms with Crippen molar-refractivity contribution in [3.63, 3.8) is 0 Å². The van der Waals surface area contributed by atoms with Crippen LogP contribution in [0, 0.1) is 13.8 Å². The normalized spacial score (nSPS) is 12.4. The predicted molar refractivity (Wildman–Crippen MR) is 144 cm³/mol. The van der Waals surface area contributed by atoms with Crippen LogP contribution in [0.4, 0.5) is 0 Å². The van der Waals surface area contributed by atoms with Crippen molar-refractivity contribution < 1.29 is 14.6 Å². The summed E-state index contributed by atoms with van der Waals surface area (Å²) in [7, 11) is 0. The molecule has 2 aromatic carbocycles. The highest BCUT2D eigenvalue weighted by Crippen LogP contribution is 2.23. The molecule has 0 radical (unpaired) electrons. The summed E-state index contributed by atoms with van der Waals surface area (Å²) in [5.74, 6) is 0.0836. The first-order valence-electron chi connectivity index (χ1n) is 11.6. The van der Waals surface area contributed by atoms with Crippen molar-refractivity contribution in [1.82, 2.24) is 14.2 Å². The van der Waals surface area contributed by atoms with Gasteiger partial charge in [-0.05, 0) is 75.7 Å². The van der Waals surface area contributed by atoms with Crippen LogP contribution in [-0.2, 0) is 11.2 Å². The lowest BCUT2D eigenvalue weighted by molar-refractivity contribution is -0.144. The maximum absolute atomic E-state index is 13.3. The maximum atomic E-state index is 13.3. The molecule has 0 unspecified atom stereocenters. The van der Waals surface area contributed by atoms with Gasteiger partial charge in [0.25, 0.3) is 5.56 Å². The largest absolute Gasteiger partial charge is 0.479 e. The fourth-order valence-electron chi connectivity index (χ4n) is 4.06. The lowest BCUT2D eigenvalue weighted by Crippen LogP contribution is -2.22. The molecule has 0 aliphatic carbocycles. The van der Waals surface area contributed by atoms with Crippen molar-refractivity contribution in [1.29, 1.82) is 0 Å². The Kier molecular flexibility index (Phi) is 7.40. The van der Waals surface area contributed by atoms with Crippen molar-refractivity contribution in [2.45, 2.75) is 46.6 Å². The van der Waals surface area contributed by atoms with Crippen molar-refractivity contribution in [2.75, 3.05) is 0 Å². The molecule has 0 bridgehead atoms. The first-order valence-corrected chi connectivity index (χ1v) is 12.4. The minimum absolute atomic E-state index is 0.207. The number of nitrogens with zero attached hydrogens (tertiary/aromatic N) is 4. The minimum atomic E-state index is -1.02. The smallest absolute Gasteiger partial charge is 0.344 e. The van der Waals surface area contributed by atoms with Crippen molar-refractivity contribution in [3.8, 4) is 11.4 Å². The van der Waals surface area contributed by atoms with Crippen molar-refractivity contribution in [2.24, 2.45) is 5.10 Å². The number of benzene rings is 2. The summed E-state index contributed by atoms with van der Waals surface area (Å²) in [4.78, 5) is 29.0. The van der Waals surface area contributed by atoms with E-state index >= 15 is 0 Å². The summed E-state index contributed by atoms with van der Waals surface area (Å²) in [5, 5.41) is 14.1. The Morgan fingerprint density at radius 3 is 2.58 bits per heavy atom. The zero-order valence-corrected chi connectivity index (χ0v) is 22.1. The van der Waals surface area contributed by atoms with Gasteiger partial charge in [0.15, 0.2) is 6.10 Å². The molecule has 0 aliphatic heterocycles. The SMILES string of the molecule is CCCc1nc2ccc(Br)cc2c(=O)n1N=Cc1cc(C)n(-c2ccc(O[C@@H](C)C(=O)O)cc2)c1C. The molecule has 4 rings (SSSR count). The number of aryl methyl sites for hydroxylation is 2. The van der Waals surface area contributed by atoms with Gasteiger partial charge in [0, 0.05) is 33.5 Å². The van der Waals surface area contributed by atoms with E-state index in [-0.39, 0.29) is 5.56 Å². The number of aliphatic carboxylic acids is 1. The van der Waals surface area contributed by atoms with E-state index in [1.54, 1.807) is 24.4 Å². The van der Waals surface area contributed by atoms with Crippen molar-refractivity contribution >= 4 is 39.0 Å². The number of halogens is 1. The quantitative estimate of drug-likeness (QED) is 0.302. The molecular weight excluding hydrogens is 524 g/mol. The highest BCUT2D eigenvalue weighted by atomic mass is 79.9. The second kappa shape index (κ2) is 10.5. The third-order valence-electron chi connectivity index (χ3n) is 5.89. The molecule has 0 aliphatic rings. The Balaban J connectivity index is 1.69. The third kappa shape index (κ3) is 5.11. The summed E-state index contributed by atoms with van der Waals surface area (Å²) < 4.78 is 9.69. The van der Waals surface area contributed by atoms with Gasteiger partial charge in [0.1, 0.15) is 11.6 Å². The highest BCUT2D eigenvalue weighted by Gasteiger charge is 2.14. The molecule has 186 valence electrons. The van der Waals surface area contributed by atoms with Crippen LogP contribution in [-0.4, -0.2) is 37.6 Å². The van der Waals surface area contributed by atoms with Crippen LogP contribution >= 0.6 is 15.9 Å². The van der Waals surface area contributed by atoms with E-state index in [4.69, 9.17) is 9.84 Å². The van der Waals surface area contributed by atoms with Gasteiger partial charge in [-0.15, -0.1) is 0 Å². The number of hydrogen-bond donors (Lipinski definition) is 1. The standard InChI is InChI=1S/C27H27BrN4O4/c1-5-6-25-30-24-12-7-20(28)14-23(24)26(33)32(25)29-15-19-13-16(2)31(17(19)3)21-8-10-22(11-9-21)36-18(4)27(34)35/h7-15,18H,5-6H2,1-4H3,(H,34,35)/t18-/m0/s1. The molecule has 4 aromatic rings. The number of hydrogen-bond acceptors (Lipinski definition) is 5. The molecule has 1 atom stereocenters. The molecule has 0 saturated heterocycles. The average molecular weight is 551 g/mol.